The van der Waals surface area contributed by atoms with Gasteiger partial charge in [0.2, 0.25) is 10.0 Å². The van der Waals surface area contributed by atoms with Crippen LogP contribution in [0.25, 0.3) is 0 Å². The van der Waals surface area contributed by atoms with Crippen molar-refractivity contribution in [3.63, 3.8) is 0 Å². The molecule has 1 heterocycles. The lowest BCUT2D eigenvalue weighted by Gasteiger charge is -2.11. The molecule has 0 bridgehead atoms. The van der Waals surface area contributed by atoms with Crippen LogP contribution < -0.4 is 5.32 Å². The molecule has 2 rings (SSSR count). The first-order valence-electron chi connectivity index (χ1n) is 6.57. The maximum absolute atomic E-state index is 12.1. The summed E-state index contributed by atoms with van der Waals surface area (Å²) in [5.41, 5.74) is 1.35. The van der Waals surface area contributed by atoms with Gasteiger partial charge in [-0.25, -0.2) is 17.7 Å². The standard InChI is InChI=1S/C15H17N3O3S/c1-11-8-9-16-14(10-11)17-15(19)12-4-6-13(7-5-12)22(20,21)18(2)3/h4-10H,1-3H3,(H,16,17,19). The van der Waals surface area contributed by atoms with E-state index in [2.05, 4.69) is 10.3 Å². The first kappa shape index (κ1) is 16.1. The van der Waals surface area contributed by atoms with Crippen LogP contribution in [0.5, 0.6) is 0 Å². The lowest BCUT2D eigenvalue weighted by atomic mass is 10.2. The van der Waals surface area contributed by atoms with Gasteiger partial charge in [-0.3, -0.25) is 4.79 Å². The van der Waals surface area contributed by atoms with Crippen LogP contribution in [0.3, 0.4) is 0 Å². The fourth-order valence-corrected chi connectivity index (χ4v) is 2.68. The van der Waals surface area contributed by atoms with Crippen LogP contribution in [0.4, 0.5) is 5.82 Å². The first-order chi connectivity index (χ1) is 10.3. The second kappa shape index (κ2) is 6.25. The Bertz CT molecular complexity index is 784. The first-order valence-corrected chi connectivity index (χ1v) is 8.01. The molecule has 0 aliphatic carbocycles. The van der Waals surface area contributed by atoms with Crippen molar-refractivity contribution in [3.05, 3.63) is 53.7 Å². The number of pyridine rings is 1. The summed E-state index contributed by atoms with van der Waals surface area (Å²) in [4.78, 5) is 16.3. The van der Waals surface area contributed by atoms with E-state index in [4.69, 9.17) is 0 Å². The Morgan fingerprint density at radius 3 is 2.32 bits per heavy atom. The number of hydrogen-bond acceptors (Lipinski definition) is 4. The molecule has 0 saturated heterocycles. The number of carbonyl (C=O) groups excluding carboxylic acids is 1. The van der Waals surface area contributed by atoms with E-state index in [1.54, 1.807) is 12.3 Å². The summed E-state index contributed by atoms with van der Waals surface area (Å²) in [5, 5.41) is 2.67. The number of nitrogens with zero attached hydrogens (tertiary/aromatic N) is 2. The molecular weight excluding hydrogens is 302 g/mol. The SMILES string of the molecule is Cc1ccnc(NC(=O)c2ccc(S(=O)(=O)N(C)C)cc2)c1. The Hall–Kier alpha value is -2.25. The molecule has 0 unspecified atom stereocenters. The average Bonchev–Trinajstić information content (AvgIpc) is 2.47. The summed E-state index contributed by atoms with van der Waals surface area (Å²) in [6.45, 7) is 1.90. The molecule has 1 aromatic carbocycles. The van der Waals surface area contributed by atoms with Crippen LogP contribution in [-0.4, -0.2) is 37.7 Å². The molecule has 0 fully saturated rings. The van der Waals surface area contributed by atoms with E-state index in [1.165, 1.54) is 38.4 Å². The summed E-state index contributed by atoms with van der Waals surface area (Å²) >= 11 is 0. The van der Waals surface area contributed by atoms with Gasteiger partial charge in [0, 0.05) is 25.9 Å². The largest absolute Gasteiger partial charge is 0.307 e. The van der Waals surface area contributed by atoms with Crippen molar-refractivity contribution >= 4 is 21.7 Å². The highest BCUT2D eigenvalue weighted by Gasteiger charge is 2.17. The summed E-state index contributed by atoms with van der Waals surface area (Å²) in [7, 11) is -0.579. The van der Waals surface area contributed by atoms with Crippen molar-refractivity contribution in [3.8, 4) is 0 Å². The zero-order valence-electron chi connectivity index (χ0n) is 12.6. The second-order valence-electron chi connectivity index (χ2n) is 4.98. The van der Waals surface area contributed by atoms with Crippen molar-refractivity contribution < 1.29 is 13.2 Å². The van der Waals surface area contributed by atoms with Gasteiger partial charge in [-0.15, -0.1) is 0 Å². The molecule has 7 heteroatoms. The van der Waals surface area contributed by atoms with E-state index in [1.807, 2.05) is 13.0 Å². The van der Waals surface area contributed by atoms with Gasteiger partial charge >= 0.3 is 0 Å². The third kappa shape index (κ3) is 3.49. The maximum atomic E-state index is 12.1. The van der Waals surface area contributed by atoms with Crippen LogP contribution in [0.1, 0.15) is 15.9 Å². The number of aromatic nitrogens is 1. The van der Waals surface area contributed by atoms with E-state index in [0.29, 0.717) is 11.4 Å². The van der Waals surface area contributed by atoms with Crippen molar-refractivity contribution in [1.82, 2.24) is 9.29 Å². The van der Waals surface area contributed by atoms with Crippen LogP contribution in [0.2, 0.25) is 0 Å². The minimum atomic E-state index is -3.49. The van der Waals surface area contributed by atoms with E-state index >= 15 is 0 Å². The number of anilines is 1. The Morgan fingerprint density at radius 2 is 1.77 bits per heavy atom. The molecule has 22 heavy (non-hydrogen) atoms. The summed E-state index contributed by atoms with van der Waals surface area (Å²) in [6, 6.07) is 9.35. The Kier molecular flexibility index (Phi) is 4.58. The monoisotopic (exact) mass is 319 g/mol. The third-order valence-electron chi connectivity index (χ3n) is 3.05. The van der Waals surface area contributed by atoms with Crippen LogP contribution in [0, 0.1) is 6.92 Å². The minimum Gasteiger partial charge on any atom is -0.307 e. The minimum absolute atomic E-state index is 0.141. The van der Waals surface area contributed by atoms with Gasteiger partial charge in [0.15, 0.2) is 0 Å². The number of carbonyl (C=O) groups is 1. The number of sulfonamides is 1. The summed E-state index contributed by atoms with van der Waals surface area (Å²) < 4.78 is 25.0. The van der Waals surface area contributed by atoms with E-state index in [-0.39, 0.29) is 10.8 Å². The average molecular weight is 319 g/mol. The predicted molar refractivity (Wildman–Crippen MR) is 84.2 cm³/mol. The lowest BCUT2D eigenvalue weighted by molar-refractivity contribution is 0.102. The number of nitrogens with one attached hydrogen (secondary N) is 1. The topological polar surface area (TPSA) is 79.4 Å². The molecule has 0 aliphatic heterocycles. The number of aryl methyl sites for hydroxylation is 1. The molecular formula is C15H17N3O3S. The molecule has 1 aromatic heterocycles. The molecule has 0 atom stereocenters. The van der Waals surface area contributed by atoms with E-state index in [9.17, 15) is 13.2 Å². The molecule has 0 saturated carbocycles. The van der Waals surface area contributed by atoms with Gasteiger partial charge in [-0.05, 0) is 48.9 Å². The number of hydrogen-bond donors (Lipinski definition) is 1. The molecule has 116 valence electrons. The quantitative estimate of drug-likeness (QED) is 0.933. The molecule has 2 aromatic rings. The van der Waals surface area contributed by atoms with Gasteiger partial charge in [-0.2, -0.15) is 0 Å². The van der Waals surface area contributed by atoms with Crippen LogP contribution in [0.15, 0.2) is 47.5 Å². The van der Waals surface area contributed by atoms with Gasteiger partial charge in [-0.1, -0.05) is 0 Å². The van der Waals surface area contributed by atoms with Crippen molar-refractivity contribution in [2.45, 2.75) is 11.8 Å². The highest BCUT2D eigenvalue weighted by atomic mass is 32.2. The molecule has 6 nitrogen and oxygen atoms in total. The number of amides is 1. The van der Waals surface area contributed by atoms with E-state index < -0.39 is 10.0 Å². The van der Waals surface area contributed by atoms with Gasteiger partial charge in [0.1, 0.15) is 5.82 Å². The molecule has 1 N–H and O–H groups in total. The Balaban J connectivity index is 2.19. The van der Waals surface area contributed by atoms with Crippen LogP contribution in [-0.2, 0) is 10.0 Å². The van der Waals surface area contributed by atoms with Gasteiger partial charge < -0.3 is 5.32 Å². The highest BCUT2D eigenvalue weighted by molar-refractivity contribution is 7.89. The molecule has 0 aliphatic rings. The second-order valence-corrected chi connectivity index (χ2v) is 7.14. The van der Waals surface area contributed by atoms with Crippen molar-refractivity contribution in [1.29, 1.82) is 0 Å². The zero-order chi connectivity index (χ0) is 16.3. The Morgan fingerprint density at radius 1 is 1.14 bits per heavy atom. The van der Waals surface area contributed by atoms with Gasteiger partial charge in [0.05, 0.1) is 4.90 Å². The fourth-order valence-electron chi connectivity index (χ4n) is 1.78. The smallest absolute Gasteiger partial charge is 0.256 e. The predicted octanol–water partition coefficient (Wildman–Crippen LogP) is 1.89. The molecule has 0 radical (unpaired) electrons. The summed E-state index contributed by atoms with van der Waals surface area (Å²) in [6.07, 6.45) is 1.61. The van der Waals surface area contributed by atoms with Gasteiger partial charge in [0.25, 0.3) is 5.91 Å². The van der Waals surface area contributed by atoms with Crippen molar-refractivity contribution in [2.75, 3.05) is 19.4 Å². The van der Waals surface area contributed by atoms with Crippen molar-refractivity contribution in [2.24, 2.45) is 0 Å². The Labute approximate surface area is 129 Å². The molecule has 1 amide bonds. The maximum Gasteiger partial charge on any atom is 0.256 e. The number of rotatable bonds is 4. The number of benzene rings is 1. The summed E-state index contributed by atoms with van der Waals surface area (Å²) in [5.74, 6) is 0.113. The van der Waals surface area contributed by atoms with Crippen LogP contribution >= 0.6 is 0 Å². The zero-order valence-corrected chi connectivity index (χ0v) is 13.4. The fraction of sp³-hybridized carbons (Fsp3) is 0.200. The highest BCUT2D eigenvalue weighted by Crippen LogP contribution is 2.15. The third-order valence-corrected chi connectivity index (χ3v) is 4.88. The normalized spacial score (nSPS) is 11.5. The molecule has 0 spiro atoms. The lowest BCUT2D eigenvalue weighted by Crippen LogP contribution is -2.22. The van der Waals surface area contributed by atoms with E-state index in [0.717, 1.165) is 9.87 Å².